The van der Waals surface area contributed by atoms with Gasteiger partial charge in [0.1, 0.15) is 0 Å². The lowest BCUT2D eigenvalue weighted by atomic mass is 10.3. The first kappa shape index (κ1) is 13.6. The largest absolute Gasteiger partial charge is 0.308 e. The van der Waals surface area contributed by atoms with E-state index in [4.69, 9.17) is 0 Å². The van der Waals surface area contributed by atoms with Crippen LogP contribution in [0.25, 0.3) is 0 Å². The Morgan fingerprint density at radius 1 is 1.38 bits per heavy atom. The molecule has 1 aromatic rings. The molecule has 0 spiro atoms. The van der Waals surface area contributed by atoms with Crippen LogP contribution in [0.2, 0.25) is 0 Å². The Balaban J connectivity index is 2.28. The summed E-state index contributed by atoms with van der Waals surface area (Å²) < 4.78 is 24.1. The van der Waals surface area contributed by atoms with Crippen molar-refractivity contribution in [3.05, 3.63) is 21.9 Å². The molecule has 0 aliphatic heterocycles. The van der Waals surface area contributed by atoms with Crippen LogP contribution in [0.3, 0.4) is 0 Å². The standard InChI is InChI=1S/C10H18N2O2S2/c1-8-4-5-10(15-8)9(2)11-6-7-12-16(3,13)14/h4-5,9,11-12H,6-7H2,1-3H3. The summed E-state index contributed by atoms with van der Waals surface area (Å²) in [5.74, 6) is 0. The van der Waals surface area contributed by atoms with Gasteiger partial charge in [-0.3, -0.25) is 0 Å². The van der Waals surface area contributed by atoms with E-state index >= 15 is 0 Å². The molecule has 0 aliphatic rings. The van der Waals surface area contributed by atoms with Crippen molar-refractivity contribution in [1.29, 1.82) is 0 Å². The molecular formula is C10H18N2O2S2. The second kappa shape index (κ2) is 5.77. The van der Waals surface area contributed by atoms with Gasteiger partial charge in [-0.15, -0.1) is 11.3 Å². The van der Waals surface area contributed by atoms with Crippen LogP contribution in [-0.2, 0) is 10.0 Å². The molecule has 0 aromatic carbocycles. The summed E-state index contributed by atoms with van der Waals surface area (Å²) in [5, 5.41) is 3.27. The Bertz CT molecular complexity index is 426. The van der Waals surface area contributed by atoms with E-state index in [-0.39, 0.29) is 6.04 Å². The van der Waals surface area contributed by atoms with Gasteiger partial charge < -0.3 is 5.32 Å². The quantitative estimate of drug-likeness (QED) is 0.759. The lowest BCUT2D eigenvalue weighted by Gasteiger charge is -2.11. The maximum absolute atomic E-state index is 10.8. The summed E-state index contributed by atoms with van der Waals surface area (Å²) in [5.41, 5.74) is 0. The van der Waals surface area contributed by atoms with E-state index in [0.717, 1.165) is 0 Å². The van der Waals surface area contributed by atoms with E-state index in [9.17, 15) is 8.42 Å². The Morgan fingerprint density at radius 3 is 2.56 bits per heavy atom. The van der Waals surface area contributed by atoms with Crippen molar-refractivity contribution >= 4 is 21.4 Å². The highest BCUT2D eigenvalue weighted by molar-refractivity contribution is 7.88. The predicted octanol–water partition coefficient (Wildman–Crippen LogP) is 1.26. The van der Waals surface area contributed by atoms with Crippen LogP contribution >= 0.6 is 11.3 Å². The fourth-order valence-corrected chi connectivity index (χ4v) is 2.69. The molecule has 0 bridgehead atoms. The van der Waals surface area contributed by atoms with Gasteiger partial charge in [-0.1, -0.05) is 0 Å². The molecule has 0 saturated heterocycles. The Hall–Kier alpha value is -0.430. The topological polar surface area (TPSA) is 58.2 Å². The molecule has 0 saturated carbocycles. The fraction of sp³-hybridized carbons (Fsp3) is 0.600. The average Bonchev–Trinajstić information content (AvgIpc) is 2.57. The maximum Gasteiger partial charge on any atom is 0.208 e. The van der Waals surface area contributed by atoms with Gasteiger partial charge in [0, 0.05) is 28.9 Å². The third-order valence-corrected chi connectivity index (χ3v) is 4.04. The van der Waals surface area contributed by atoms with Crippen LogP contribution in [0.5, 0.6) is 0 Å². The molecule has 16 heavy (non-hydrogen) atoms. The molecule has 4 nitrogen and oxygen atoms in total. The van der Waals surface area contributed by atoms with Crippen LogP contribution in [0.15, 0.2) is 12.1 Å². The summed E-state index contributed by atoms with van der Waals surface area (Å²) in [6.07, 6.45) is 1.17. The Kier molecular flexibility index (Phi) is 4.91. The van der Waals surface area contributed by atoms with Gasteiger partial charge in [-0.05, 0) is 26.0 Å². The van der Waals surface area contributed by atoms with Crippen molar-refractivity contribution in [3.63, 3.8) is 0 Å². The maximum atomic E-state index is 10.8. The van der Waals surface area contributed by atoms with Crippen molar-refractivity contribution in [3.8, 4) is 0 Å². The van der Waals surface area contributed by atoms with Crippen LogP contribution in [-0.4, -0.2) is 27.8 Å². The van der Waals surface area contributed by atoms with Crippen LogP contribution in [0.1, 0.15) is 22.7 Å². The molecule has 0 aliphatic carbocycles. The molecule has 0 amide bonds. The zero-order valence-corrected chi connectivity index (χ0v) is 11.4. The number of thiophene rings is 1. The molecule has 0 radical (unpaired) electrons. The molecule has 1 aromatic heterocycles. The normalized spacial score (nSPS) is 13.9. The second-order valence-corrected chi connectivity index (χ2v) is 6.94. The summed E-state index contributed by atoms with van der Waals surface area (Å²) in [6.45, 7) is 5.20. The van der Waals surface area contributed by atoms with Crippen molar-refractivity contribution in [2.45, 2.75) is 19.9 Å². The molecule has 1 atom stereocenters. The van der Waals surface area contributed by atoms with Gasteiger partial charge in [0.15, 0.2) is 0 Å². The van der Waals surface area contributed by atoms with Gasteiger partial charge in [0.05, 0.1) is 6.26 Å². The van der Waals surface area contributed by atoms with Gasteiger partial charge in [0.2, 0.25) is 10.0 Å². The molecular weight excluding hydrogens is 244 g/mol. The predicted molar refractivity (Wildman–Crippen MR) is 68.3 cm³/mol. The minimum atomic E-state index is -3.07. The first-order valence-corrected chi connectivity index (χ1v) is 7.83. The van der Waals surface area contributed by atoms with Crippen LogP contribution < -0.4 is 10.0 Å². The Labute approximate surface area is 101 Å². The molecule has 1 heterocycles. The number of hydrogen-bond acceptors (Lipinski definition) is 4. The third-order valence-electron chi connectivity index (χ3n) is 2.13. The third kappa shape index (κ3) is 5.07. The first-order chi connectivity index (χ1) is 7.38. The molecule has 1 rings (SSSR count). The van der Waals surface area contributed by atoms with Gasteiger partial charge in [0.25, 0.3) is 0 Å². The molecule has 2 N–H and O–H groups in total. The van der Waals surface area contributed by atoms with E-state index < -0.39 is 10.0 Å². The number of rotatable bonds is 6. The molecule has 1 unspecified atom stereocenters. The fourth-order valence-electron chi connectivity index (χ4n) is 1.31. The van der Waals surface area contributed by atoms with Crippen molar-refractivity contribution in [2.75, 3.05) is 19.3 Å². The van der Waals surface area contributed by atoms with Crippen molar-refractivity contribution in [2.24, 2.45) is 0 Å². The minimum Gasteiger partial charge on any atom is -0.308 e. The zero-order valence-electron chi connectivity index (χ0n) is 9.78. The van der Waals surface area contributed by atoms with Crippen LogP contribution in [0.4, 0.5) is 0 Å². The summed E-state index contributed by atoms with van der Waals surface area (Å²) >= 11 is 1.76. The van der Waals surface area contributed by atoms with Crippen LogP contribution in [0, 0.1) is 6.92 Å². The zero-order chi connectivity index (χ0) is 12.2. The molecule has 0 fully saturated rings. The van der Waals surface area contributed by atoms with Crippen molar-refractivity contribution in [1.82, 2.24) is 10.0 Å². The SMILES string of the molecule is Cc1ccc(C(C)NCCNS(C)(=O)=O)s1. The van der Waals surface area contributed by atoms with E-state index in [1.54, 1.807) is 11.3 Å². The number of sulfonamides is 1. The lowest BCUT2D eigenvalue weighted by Crippen LogP contribution is -2.32. The highest BCUT2D eigenvalue weighted by Crippen LogP contribution is 2.21. The number of hydrogen-bond donors (Lipinski definition) is 2. The molecule has 92 valence electrons. The van der Waals surface area contributed by atoms with E-state index in [1.165, 1.54) is 16.0 Å². The van der Waals surface area contributed by atoms with E-state index in [1.807, 2.05) is 0 Å². The van der Waals surface area contributed by atoms with Crippen molar-refractivity contribution < 1.29 is 8.42 Å². The first-order valence-electron chi connectivity index (χ1n) is 5.13. The molecule has 6 heteroatoms. The van der Waals surface area contributed by atoms with E-state index in [0.29, 0.717) is 13.1 Å². The minimum absolute atomic E-state index is 0.264. The second-order valence-electron chi connectivity index (χ2n) is 3.79. The summed E-state index contributed by atoms with van der Waals surface area (Å²) in [4.78, 5) is 2.56. The lowest BCUT2D eigenvalue weighted by molar-refractivity contribution is 0.560. The monoisotopic (exact) mass is 262 g/mol. The van der Waals surface area contributed by atoms with Gasteiger partial charge >= 0.3 is 0 Å². The highest BCUT2D eigenvalue weighted by atomic mass is 32.2. The van der Waals surface area contributed by atoms with Gasteiger partial charge in [-0.25, -0.2) is 13.1 Å². The summed E-state index contributed by atoms with van der Waals surface area (Å²) in [7, 11) is -3.07. The highest BCUT2D eigenvalue weighted by Gasteiger charge is 2.06. The number of nitrogens with one attached hydrogen (secondary N) is 2. The van der Waals surface area contributed by atoms with E-state index in [2.05, 4.69) is 36.0 Å². The average molecular weight is 262 g/mol. The summed E-state index contributed by atoms with van der Waals surface area (Å²) in [6, 6.07) is 4.45. The Morgan fingerprint density at radius 2 is 2.06 bits per heavy atom. The smallest absolute Gasteiger partial charge is 0.208 e. The van der Waals surface area contributed by atoms with Gasteiger partial charge in [-0.2, -0.15) is 0 Å². The number of aryl methyl sites for hydroxylation is 1.